The fourth-order valence-corrected chi connectivity index (χ4v) is 3.16. The van der Waals surface area contributed by atoms with E-state index in [4.69, 9.17) is 0 Å². The molecule has 1 amide bonds. The number of carbonyl (C=O) groups is 2. The molecule has 3 N–H and O–H groups in total. The van der Waals surface area contributed by atoms with Crippen LogP contribution in [0.15, 0.2) is 73.1 Å². The fraction of sp³-hybridized carbons (Fsp3) is 0.0870. The molecule has 0 aliphatic rings. The lowest BCUT2D eigenvalue weighted by Gasteiger charge is -2.09. The predicted octanol–water partition coefficient (Wildman–Crippen LogP) is 4.69. The third-order valence-electron chi connectivity index (χ3n) is 4.61. The Kier molecular flexibility index (Phi) is 5.07. The summed E-state index contributed by atoms with van der Waals surface area (Å²) in [5.41, 5.74) is 4.17. The molecule has 144 valence electrons. The first kappa shape index (κ1) is 18.4. The Balaban J connectivity index is 1.39. The Bertz CT molecular complexity index is 1180. The molecule has 0 aliphatic heterocycles. The van der Waals surface area contributed by atoms with Gasteiger partial charge in [-0.1, -0.05) is 30.3 Å². The van der Waals surface area contributed by atoms with Crippen LogP contribution in [0.3, 0.4) is 0 Å². The minimum atomic E-state index is -0.128. The van der Waals surface area contributed by atoms with E-state index in [0.29, 0.717) is 11.4 Å². The molecule has 6 heteroatoms. The standard InChI is InChI=1S/C23H20N4O2/c1-15(28)16-5-4-6-18(11-16)26-19-9-10-22(25-14-19)27-23(29)12-17-13-24-21-8-3-2-7-20(17)21/h2-11,13-14,24,26H,12H2,1H3,(H,25,27,29). The lowest BCUT2D eigenvalue weighted by molar-refractivity contribution is -0.115. The molecular formula is C23H20N4O2. The van der Waals surface area contributed by atoms with Crippen LogP contribution in [0.5, 0.6) is 0 Å². The highest BCUT2D eigenvalue weighted by atomic mass is 16.1. The molecule has 0 unspecified atom stereocenters. The Hall–Kier alpha value is -3.93. The number of ketones is 1. The van der Waals surface area contributed by atoms with Crippen molar-refractivity contribution in [3.63, 3.8) is 0 Å². The van der Waals surface area contributed by atoms with Crippen LogP contribution in [-0.4, -0.2) is 21.7 Å². The Morgan fingerprint density at radius 3 is 2.66 bits per heavy atom. The highest BCUT2D eigenvalue weighted by molar-refractivity contribution is 5.96. The van der Waals surface area contributed by atoms with Crippen molar-refractivity contribution in [1.82, 2.24) is 9.97 Å². The molecule has 0 bridgehead atoms. The first-order valence-corrected chi connectivity index (χ1v) is 9.27. The SMILES string of the molecule is CC(=O)c1cccc(Nc2ccc(NC(=O)Cc3c[nH]c4ccccc34)nc2)c1. The van der Waals surface area contributed by atoms with Crippen LogP contribution < -0.4 is 10.6 Å². The summed E-state index contributed by atoms with van der Waals surface area (Å²) in [6.07, 6.45) is 3.77. The summed E-state index contributed by atoms with van der Waals surface area (Å²) in [6, 6.07) is 18.7. The topological polar surface area (TPSA) is 86.9 Å². The number of nitrogens with one attached hydrogen (secondary N) is 3. The van der Waals surface area contributed by atoms with E-state index >= 15 is 0 Å². The van der Waals surface area contributed by atoms with Gasteiger partial charge in [-0.05, 0) is 42.8 Å². The second-order valence-corrected chi connectivity index (χ2v) is 6.78. The zero-order chi connectivity index (χ0) is 20.2. The van der Waals surface area contributed by atoms with Gasteiger partial charge in [0, 0.05) is 28.4 Å². The summed E-state index contributed by atoms with van der Waals surface area (Å²) in [7, 11) is 0. The van der Waals surface area contributed by atoms with E-state index in [-0.39, 0.29) is 18.1 Å². The number of benzene rings is 2. The number of para-hydroxylation sites is 1. The number of rotatable bonds is 6. The van der Waals surface area contributed by atoms with Crippen molar-refractivity contribution in [2.45, 2.75) is 13.3 Å². The van der Waals surface area contributed by atoms with Gasteiger partial charge in [-0.3, -0.25) is 9.59 Å². The number of aromatic nitrogens is 2. The largest absolute Gasteiger partial charge is 0.361 e. The van der Waals surface area contributed by atoms with Crippen LogP contribution in [0.2, 0.25) is 0 Å². The summed E-state index contributed by atoms with van der Waals surface area (Å²) in [5.74, 6) is 0.370. The van der Waals surface area contributed by atoms with Gasteiger partial charge in [0.05, 0.1) is 18.3 Å². The molecule has 0 atom stereocenters. The molecule has 2 heterocycles. The van der Waals surface area contributed by atoms with Crippen molar-refractivity contribution in [2.75, 3.05) is 10.6 Å². The van der Waals surface area contributed by atoms with Crippen molar-refractivity contribution >= 4 is 39.8 Å². The monoisotopic (exact) mass is 384 g/mol. The first-order chi connectivity index (χ1) is 14.1. The number of carbonyl (C=O) groups excluding carboxylic acids is 2. The summed E-state index contributed by atoms with van der Waals surface area (Å²) < 4.78 is 0. The number of anilines is 3. The van der Waals surface area contributed by atoms with Gasteiger partial charge in [-0.25, -0.2) is 4.98 Å². The molecule has 0 fully saturated rings. The molecule has 4 rings (SSSR count). The third-order valence-corrected chi connectivity index (χ3v) is 4.61. The number of fused-ring (bicyclic) bond motifs is 1. The minimum Gasteiger partial charge on any atom is -0.361 e. The molecule has 0 saturated carbocycles. The second kappa shape index (κ2) is 7.98. The van der Waals surface area contributed by atoms with Gasteiger partial charge in [-0.15, -0.1) is 0 Å². The maximum absolute atomic E-state index is 12.4. The molecule has 0 spiro atoms. The summed E-state index contributed by atoms with van der Waals surface area (Å²) in [4.78, 5) is 31.4. The number of pyridine rings is 1. The van der Waals surface area contributed by atoms with Gasteiger partial charge in [0.2, 0.25) is 5.91 Å². The van der Waals surface area contributed by atoms with Gasteiger partial charge in [0.15, 0.2) is 5.78 Å². The number of nitrogens with zero attached hydrogens (tertiary/aromatic N) is 1. The van der Waals surface area contributed by atoms with Gasteiger partial charge in [0.1, 0.15) is 5.82 Å². The maximum atomic E-state index is 12.4. The first-order valence-electron chi connectivity index (χ1n) is 9.27. The number of aromatic amines is 1. The normalized spacial score (nSPS) is 10.7. The number of amides is 1. The smallest absolute Gasteiger partial charge is 0.230 e. The van der Waals surface area contributed by atoms with Crippen LogP contribution in [0.25, 0.3) is 10.9 Å². The molecule has 2 aromatic carbocycles. The molecule has 0 aliphatic carbocycles. The average molecular weight is 384 g/mol. The molecule has 29 heavy (non-hydrogen) atoms. The highest BCUT2D eigenvalue weighted by Gasteiger charge is 2.09. The third kappa shape index (κ3) is 4.32. The van der Waals surface area contributed by atoms with E-state index < -0.39 is 0 Å². The van der Waals surface area contributed by atoms with E-state index in [1.807, 2.05) is 48.7 Å². The van der Waals surface area contributed by atoms with Crippen molar-refractivity contribution in [2.24, 2.45) is 0 Å². The van der Waals surface area contributed by atoms with Gasteiger partial charge in [0.25, 0.3) is 0 Å². The number of hydrogen-bond acceptors (Lipinski definition) is 4. The van der Waals surface area contributed by atoms with E-state index in [1.54, 1.807) is 24.4 Å². The van der Waals surface area contributed by atoms with Crippen molar-refractivity contribution in [3.8, 4) is 0 Å². The van der Waals surface area contributed by atoms with Gasteiger partial charge >= 0.3 is 0 Å². The predicted molar refractivity (Wildman–Crippen MR) is 115 cm³/mol. The van der Waals surface area contributed by atoms with Crippen molar-refractivity contribution in [3.05, 3.63) is 84.2 Å². The lowest BCUT2D eigenvalue weighted by atomic mass is 10.1. The van der Waals surface area contributed by atoms with Crippen LogP contribution >= 0.6 is 0 Å². The van der Waals surface area contributed by atoms with Gasteiger partial charge in [-0.2, -0.15) is 0 Å². The zero-order valence-electron chi connectivity index (χ0n) is 15.9. The number of hydrogen-bond donors (Lipinski definition) is 3. The summed E-state index contributed by atoms with van der Waals surface area (Å²) in [5, 5.41) is 7.07. The number of Topliss-reactive ketones (excluding diaryl/α,β-unsaturated/α-hetero) is 1. The summed E-state index contributed by atoms with van der Waals surface area (Å²) >= 11 is 0. The van der Waals surface area contributed by atoms with Crippen LogP contribution in [0, 0.1) is 0 Å². The fourth-order valence-electron chi connectivity index (χ4n) is 3.16. The quantitative estimate of drug-likeness (QED) is 0.421. The second-order valence-electron chi connectivity index (χ2n) is 6.78. The van der Waals surface area contributed by atoms with E-state index in [1.165, 1.54) is 6.92 Å². The van der Waals surface area contributed by atoms with Crippen LogP contribution in [0.4, 0.5) is 17.2 Å². The molecular weight excluding hydrogens is 364 g/mol. The average Bonchev–Trinajstić information content (AvgIpc) is 3.12. The molecule has 4 aromatic rings. The van der Waals surface area contributed by atoms with Crippen molar-refractivity contribution < 1.29 is 9.59 Å². The maximum Gasteiger partial charge on any atom is 0.230 e. The van der Waals surface area contributed by atoms with E-state index in [2.05, 4.69) is 20.6 Å². The van der Waals surface area contributed by atoms with Gasteiger partial charge < -0.3 is 15.6 Å². The van der Waals surface area contributed by atoms with Crippen molar-refractivity contribution in [1.29, 1.82) is 0 Å². The Morgan fingerprint density at radius 2 is 1.86 bits per heavy atom. The highest BCUT2D eigenvalue weighted by Crippen LogP contribution is 2.20. The minimum absolute atomic E-state index is 0.0139. The van der Waals surface area contributed by atoms with E-state index in [9.17, 15) is 9.59 Å². The van der Waals surface area contributed by atoms with E-state index in [0.717, 1.165) is 27.8 Å². The van der Waals surface area contributed by atoms with Crippen LogP contribution in [0.1, 0.15) is 22.8 Å². The molecule has 0 radical (unpaired) electrons. The number of H-pyrrole nitrogens is 1. The molecule has 0 saturated heterocycles. The molecule has 6 nitrogen and oxygen atoms in total. The molecule has 2 aromatic heterocycles. The zero-order valence-corrected chi connectivity index (χ0v) is 15.9. The Labute approximate surface area is 168 Å². The lowest BCUT2D eigenvalue weighted by Crippen LogP contribution is -2.15. The van der Waals surface area contributed by atoms with Crippen LogP contribution in [-0.2, 0) is 11.2 Å². The Morgan fingerprint density at radius 1 is 1.00 bits per heavy atom. The summed E-state index contributed by atoms with van der Waals surface area (Å²) in [6.45, 7) is 1.54.